The summed E-state index contributed by atoms with van der Waals surface area (Å²) in [6, 6.07) is 13.0. The van der Waals surface area contributed by atoms with Crippen LogP contribution in [0.1, 0.15) is 0 Å². The molecule has 0 aliphatic heterocycles. The molecule has 0 bridgehead atoms. The van der Waals surface area contributed by atoms with E-state index in [9.17, 15) is 4.79 Å². The van der Waals surface area contributed by atoms with Crippen molar-refractivity contribution in [3.8, 4) is 17.2 Å². The monoisotopic (exact) mass is 287 g/mol. The van der Waals surface area contributed by atoms with Crippen LogP contribution in [-0.4, -0.2) is 18.2 Å². The van der Waals surface area contributed by atoms with Crippen molar-refractivity contribution in [2.24, 2.45) is 0 Å². The molecule has 0 spiro atoms. The third kappa shape index (κ3) is 1.96. The van der Waals surface area contributed by atoms with Crippen LogP contribution in [0.15, 0.2) is 47.3 Å². The first-order valence-corrected chi connectivity index (χ1v) is 6.85. The number of fused-ring (bicyclic) bond motifs is 1. The Balaban J connectivity index is 2.21. The lowest BCUT2D eigenvalue weighted by Gasteiger charge is -2.02. The van der Waals surface area contributed by atoms with Gasteiger partial charge in [-0.25, -0.2) is 3.96 Å². The van der Waals surface area contributed by atoms with Gasteiger partial charge in [-0.1, -0.05) is 17.6 Å². The Labute approximate surface area is 119 Å². The maximum Gasteiger partial charge on any atom is 0.276 e. The van der Waals surface area contributed by atoms with Gasteiger partial charge in [0.1, 0.15) is 16.9 Å². The fourth-order valence-corrected chi connectivity index (χ4v) is 3.11. The largest absolute Gasteiger partial charge is 0.497 e. The zero-order chi connectivity index (χ0) is 14.1. The van der Waals surface area contributed by atoms with Crippen LogP contribution in [0.5, 0.6) is 11.5 Å². The minimum atomic E-state index is -0.0624. The first-order valence-electron chi connectivity index (χ1n) is 6.08. The van der Waals surface area contributed by atoms with E-state index in [1.807, 2.05) is 36.4 Å². The summed E-state index contributed by atoms with van der Waals surface area (Å²) in [5, 5.41) is 0.621. The van der Waals surface area contributed by atoms with E-state index in [0.29, 0.717) is 11.1 Å². The lowest BCUT2D eigenvalue weighted by Crippen LogP contribution is -2.11. The van der Waals surface area contributed by atoms with Crippen molar-refractivity contribution in [2.75, 3.05) is 14.2 Å². The fraction of sp³-hybridized carbons (Fsp3) is 0.133. The van der Waals surface area contributed by atoms with Crippen molar-refractivity contribution in [2.45, 2.75) is 0 Å². The Morgan fingerprint density at radius 3 is 2.40 bits per heavy atom. The van der Waals surface area contributed by atoms with Gasteiger partial charge in [-0.05, 0) is 36.4 Å². The lowest BCUT2D eigenvalue weighted by atomic mass is 10.2. The second-order valence-electron chi connectivity index (χ2n) is 4.22. The predicted octanol–water partition coefficient (Wildman–Crippen LogP) is 3.07. The molecular formula is C15H13NO3S. The van der Waals surface area contributed by atoms with Gasteiger partial charge in [0.2, 0.25) is 0 Å². The molecule has 4 nitrogen and oxygen atoms in total. The predicted molar refractivity (Wildman–Crippen MR) is 80.5 cm³/mol. The molecule has 1 heterocycles. The van der Waals surface area contributed by atoms with Gasteiger partial charge in [0.15, 0.2) is 0 Å². The topological polar surface area (TPSA) is 40.5 Å². The van der Waals surface area contributed by atoms with Crippen molar-refractivity contribution >= 4 is 21.6 Å². The molecule has 5 heteroatoms. The van der Waals surface area contributed by atoms with Gasteiger partial charge in [0.05, 0.1) is 24.6 Å². The number of methoxy groups -OCH3 is 2. The molecule has 2 aromatic carbocycles. The van der Waals surface area contributed by atoms with Gasteiger partial charge in [0, 0.05) is 0 Å². The second kappa shape index (κ2) is 5.02. The molecule has 1 aromatic heterocycles. The fourth-order valence-electron chi connectivity index (χ4n) is 2.10. The highest BCUT2D eigenvalue weighted by molar-refractivity contribution is 7.14. The summed E-state index contributed by atoms with van der Waals surface area (Å²) in [6.07, 6.45) is 0. The van der Waals surface area contributed by atoms with Gasteiger partial charge in [-0.15, -0.1) is 0 Å². The number of aromatic nitrogens is 1. The lowest BCUT2D eigenvalue weighted by molar-refractivity contribution is 0.414. The number of benzene rings is 2. The Morgan fingerprint density at radius 1 is 1.00 bits per heavy atom. The highest BCUT2D eigenvalue weighted by Gasteiger charge is 2.13. The van der Waals surface area contributed by atoms with Crippen LogP contribution in [-0.2, 0) is 0 Å². The van der Waals surface area contributed by atoms with Gasteiger partial charge in [-0.2, -0.15) is 0 Å². The van der Waals surface area contributed by atoms with Crippen LogP contribution in [0, 0.1) is 0 Å². The highest BCUT2D eigenvalue weighted by atomic mass is 32.1. The maximum absolute atomic E-state index is 12.5. The molecule has 20 heavy (non-hydrogen) atoms. The van der Waals surface area contributed by atoms with Crippen LogP contribution >= 0.6 is 11.5 Å². The number of nitrogens with zero attached hydrogens (tertiary/aromatic N) is 1. The van der Waals surface area contributed by atoms with E-state index in [-0.39, 0.29) is 5.56 Å². The van der Waals surface area contributed by atoms with E-state index in [1.54, 1.807) is 24.2 Å². The van der Waals surface area contributed by atoms with Crippen LogP contribution in [0.25, 0.3) is 15.8 Å². The van der Waals surface area contributed by atoms with Crippen LogP contribution in [0.4, 0.5) is 0 Å². The average molecular weight is 287 g/mol. The molecule has 0 saturated carbocycles. The smallest absolute Gasteiger partial charge is 0.276 e. The number of hydrogen-bond acceptors (Lipinski definition) is 4. The minimum Gasteiger partial charge on any atom is -0.497 e. The van der Waals surface area contributed by atoms with E-state index >= 15 is 0 Å². The molecule has 0 radical (unpaired) electrons. The van der Waals surface area contributed by atoms with Crippen molar-refractivity contribution in [3.05, 3.63) is 52.8 Å². The molecule has 0 fully saturated rings. The van der Waals surface area contributed by atoms with Gasteiger partial charge < -0.3 is 9.47 Å². The Bertz CT molecular complexity index is 802. The van der Waals surface area contributed by atoms with Crippen molar-refractivity contribution in [1.29, 1.82) is 0 Å². The van der Waals surface area contributed by atoms with E-state index in [1.165, 1.54) is 11.5 Å². The summed E-state index contributed by atoms with van der Waals surface area (Å²) < 4.78 is 13.0. The van der Waals surface area contributed by atoms with Gasteiger partial charge in [0.25, 0.3) is 5.56 Å². The number of ether oxygens (including phenoxy) is 2. The van der Waals surface area contributed by atoms with Crippen molar-refractivity contribution in [3.63, 3.8) is 0 Å². The summed E-state index contributed by atoms with van der Waals surface area (Å²) in [7, 11) is 3.19. The van der Waals surface area contributed by atoms with E-state index in [2.05, 4.69) is 0 Å². The number of hydrogen-bond donors (Lipinski definition) is 0. The summed E-state index contributed by atoms with van der Waals surface area (Å²) >= 11 is 1.40. The molecule has 0 amide bonds. The Kier molecular flexibility index (Phi) is 3.20. The second-order valence-corrected chi connectivity index (χ2v) is 5.21. The molecule has 102 valence electrons. The molecule has 0 aliphatic carbocycles. The number of rotatable bonds is 3. The molecule has 0 aliphatic rings. The maximum atomic E-state index is 12.5. The zero-order valence-corrected chi connectivity index (χ0v) is 11.9. The van der Waals surface area contributed by atoms with Crippen molar-refractivity contribution < 1.29 is 9.47 Å². The summed E-state index contributed by atoms with van der Waals surface area (Å²) in [6.45, 7) is 0. The third-order valence-corrected chi connectivity index (χ3v) is 4.20. The first kappa shape index (κ1) is 12.7. The van der Waals surface area contributed by atoms with E-state index in [4.69, 9.17) is 9.47 Å². The minimum absolute atomic E-state index is 0.0624. The molecule has 0 saturated heterocycles. The summed E-state index contributed by atoms with van der Waals surface area (Å²) in [4.78, 5) is 12.5. The molecule has 3 aromatic rings. The van der Waals surface area contributed by atoms with Crippen molar-refractivity contribution in [1.82, 2.24) is 3.96 Å². The summed E-state index contributed by atoms with van der Waals surface area (Å²) in [5.41, 5.74) is 0.756. The molecule has 0 atom stereocenters. The molecule has 0 N–H and O–H groups in total. The Morgan fingerprint density at radius 2 is 1.75 bits per heavy atom. The Hall–Kier alpha value is -2.27. The van der Waals surface area contributed by atoms with Gasteiger partial charge >= 0.3 is 0 Å². The third-order valence-electron chi connectivity index (χ3n) is 3.10. The first-order chi connectivity index (χ1) is 9.74. The van der Waals surface area contributed by atoms with Crippen LogP contribution < -0.4 is 15.0 Å². The SMILES string of the molecule is COc1ccc(-n2sc3cccc(OC)c3c2=O)cc1. The van der Waals surface area contributed by atoms with Gasteiger partial charge in [-0.3, -0.25) is 4.79 Å². The standard InChI is InChI=1S/C15H13NO3S/c1-18-11-8-6-10(7-9-11)16-15(17)14-12(19-2)4-3-5-13(14)20-16/h3-9H,1-2H3. The van der Waals surface area contributed by atoms with Crippen LogP contribution in [0.3, 0.4) is 0 Å². The normalized spacial score (nSPS) is 10.7. The van der Waals surface area contributed by atoms with Crippen LogP contribution in [0.2, 0.25) is 0 Å². The van der Waals surface area contributed by atoms with E-state index in [0.717, 1.165) is 16.1 Å². The molecule has 3 rings (SSSR count). The molecular weight excluding hydrogens is 274 g/mol. The highest BCUT2D eigenvalue weighted by Crippen LogP contribution is 2.27. The zero-order valence-electron chi connectivity index (χ0n) is 11.1. The quantitative estimate of drug-likeness (QED) is 0.743. The summed E-state index contributed by atoms with van der Waals surface area (Å²) in [5.74, 6) is 1.37. The average Bonchev–Trinajstić information content (AvgIpc) is 2.85. The molecule has 0 unspecified atom stereocenters. The van der Waals surface area contributed by atoms with E-state index < -0.39 is 0 Å².